The predicted octanol–water partition coefficient (Wildman–Crippen LogP) is 0.961. The van der Waals surface area contributed by atoms with Crippen molar-refractivity contribution < 1.29 is 9.53 Å². The average molecular weight is 279 g/mol. The molecule has 0 aliphatic carbocycles. The Balaban J connectivity index is 2.11. The van der Waals surface area contributed by atoms with Crippen LogP contribution < -0.4 is 10.6 Å². The van der Waals surface area contributed by atoms with E-state index >= 15 is 0 Å². The first-order chi connectivity index (χ1) is 9.02. The zero-order valence-corrected chi connectivity index (χ0v) is 11.8. The van der Waals surface area contributed by atoms with Crippen molar-refractivity contribution in [3.05, 3.63) is 24.0 Å². The number of methoxy groups -OCH3 is 1. The van der Waals surface area contributed by atoms with Crippen LogP contribution >= 0.6 is 12.2 Å². The van der Waals surface area contributed by atoms with E-state index in [1.165, 1.54) is 7.11 Å². The quantitative estimate of drug-likeness (QED) is 0.656. The van der Waals surface area contributed by atoms with Crippen LogP contribution in [0.1, 0.15) is 12.6 Å². The maximum atomic E-state index is 11.6. The summed E-state index contributed by atoms with van der Waals surface area (Å²) in [6.45, 7) is 3.52. The van der Waals surface area contributed by atoms with Gasteiger partial charge in [0.2, 0.25) is 0 Å². The number of rotatable bonds is 3. The van der Waals surface area contributed by atoms with E-state index in [0.717, 1.165) is 12.2 Å². The van der Waals surface area contributed by atoms with Crippen molar-refractivity contribution in [1.82, 2.24) is 4.98 Å². The second-order valence-electron chi connectivity index (χ2n) is 4.78. The monoisotopic (exact) mass is 279 g/mol. The minimum Gasteiger partial charge on any atom is -0.469 e. The Morgan fingerprint density at radius 2 is 2.26 bits per heavy atom. The highest BCUT2D eigenvalue weighted by molar-refractivity contribution is 7.80. The molecule has 2 unspecified atom stereocenters. The molecule has 0 spiro atoms. The summed E-state index contributed by atoms with van der Waals surface area (Å²) in [4.78, 5) is 18.3. The second-order valence-corrected chi connectivity index (χ2v) is 5.22. The molecule has 0 amide bonds. The zero-order valence-electron chi connectivity index (χ0n) is 11.0. The van der Waals surface area contributed by atoms with Gasteiger partial charge in [0.15, 0.2) is 0 Å². The van der Waals surface area contributed by atoms with Crippen molar-refractivity contribution >= 4 is 28.9 Å². The molecule has 19 heavy (non-hydrogen) atoms. The lowest BCUT2D eigenvalue weighted by Gasteiger charge is -2.18. The summed E-state index contributed by atoms with van der Waals surface area (Å²) in [5.74, 6) is 0.0330. The van der Waals surface area contributed by atoms with Crippen LogP contribution in [0.3, 0.4) is 0 Å². The lowest BCUT2D eigenvalue weighted by Crippen LogP contribution is -2.24. The highest BCUT2D eigenvalue weighted by Crippen LogP contribution is 2.28. The number of nitrogens with zero attached hydrogens (tertiary/aromatic N) is 2. The molecule has 2 N–H and O–H groups in total. The molecule has 5 nitrogen and oxygen atoms in total. The Bertz CT molecular complexity index is 489. The van der Waals surface area contributed by atoms with E-state index in [9.17, 15) is 4.79 Å². The van der Waals surface area contributed by atoms with Gasteiger partial charge in [0.05, 0.1) is 30.6 Å². The van der Waals surface area contributed by atoms with Crippen LogP contribution in [0.15, 0.2) is 18.3 Å². The number of carbonyl (C=O) groups excluding carboxylic acids is 1. The van der Waals surface area contributed by atoms with E-state index in [4.69, 9.17) is 22.7 Å². The number of carbonyl (C=O) groups is 1. The highest BCUT2D eigenvalue weighted by atomic mass is 32.1. The fraction of sp³-hybridized carbons (Fsp3) is 0.462. The lowest BCUT2D eigenvalue weighted by molar-refractivity contribution is -0.145. The van der Waals surface area contributed by atoms with Gasteiger partial charge in [0.1, 0.15) is 4.99 Å². The third-order valence-corrected chi connectivity index (χ3v) is 3.69. The number of hydrogen-bond acceptors (Lipinski definition) is 5. The van der Waals surface area contributed by atoms with Gasteiger partial charge in [-0.3, -0.25) is 9.78 Å². The molecule has 2 atom stereocenters. The molecule has 0 radical (unpaired) electrons. The summed E-state index contributed by atoms with van der Waals surface area (Å²) in [7, 11) is 1.43. The summed E-state index contributed by atoms with van der Waals surface area (Å²) in [6, 6.07) is 3.72. The Morgan fingerprint density at radius 1 is 1.53 bits per heavy atom. The van der Waals surface area contributed by atoms with E-state index in [-0.39, 0.29) is 22.8 Å². The van der Waals surface area contributed by atoms with Crippen molar-refractivity contribution in [2.75, 3.05) is 25.1 Å². The zero-order chi connectivity index (χ0) is 14.0. The first-order valence-electron chi connectivity index (χ1n) is 6.11. The molecule has 1 aromatic heterocycles. The summed E-state index contributed by atoms with van der Waals surface area (Å²) in [5, 5.41) is 0. The van der Waals surface area contributed by atoms with Crippen molar-refractivity contribution in [3.8, 4) is 0 Å². The topological polar surface area (TPSA) is 68.5 Å². The molecule has 0 bridgehead atoms. The molecule has 1 saturated heterocycles. The molecule has 2 heterocycles. The number of anilines is 1. The minimum atomic E-state index is -0.150. The third kappa shape index (κ3) is 2.84. The lowest BCUT2D eigenvalue weighted by atomic mass is 9.99. The Labute approximate surface area is 117 Å². The van der Waals surface area contributed by atoms with E-state index < -0.39 is 0 Å². The molecular weight excluding hydrogens is 262 g/mol. The predicted molar refractivity (Wildman–Crippen MR) is 77.0 cm³/mol. The van der Waals surface area contributed by atoms with Crippen LogP contribution in [-0.4, -0.2) is 36.1 Å². The van der Waals surface area contributed by atoms with Gasteiger partial charge in [0, 0.05) is 13.1 Å². The molecular formula is C13H17N3O2S. The Morgan fingerprint density at radius 3 is 2.79 bits per heavy atom. The molecule has 102 valence electrons. The summed E-state index contributed by atoms with van der Waals surface area (Å²) >= 11 is 4.87. The number of esters is 1. The van der Waals surface area contributed by atoms with Crippen molar-refractivity contribution in [1.29, 1.82) is 0 Å². The van der Waals surface area contributed by atoms with Crippen LogP contribution in [0.25, 0.3) is 0 Å². The van der Waals surface area contributed by atoms with Gasteiger partial charge in [-0.25, -0.2) is 0 Å². The number of aromatic nitrogens is 1. The molecule has 1 fully saturated rings. The van der Waals surface area contributed by atoms with Gasteiger partial charge in [-0.15, -0.1) is 0 Å². The molecule has 2 rings (SSSR count). The molecule has 0 aromatic carbocycles. The molecule has 0 saturated carbocycles. The van der Waals surface area contributed by atoms with Gasteiger partial charge >= 0.3 is 5.97 Å². The van der Waals surface area contributed by atoms with E-state index in [2.05, 4.69) is 16.8 Å². The summed E-state index contributed by atoms with van der Waals surface area (Å²) < 4.78 is 4.82. The second kappa shape index (κ2) is 5.52. The number of ether oxygens (including phenoxy) is 1. The van der Waals surface area contributed by atoms with E-state index in [1.807, 2.05) is 6.07 Å². The van der Waals surface area contributed by atoms with Crippen LogP contribution in [0.2, 0.25) is 0 Å². The van der Waals surface area contributed by atoms with Gasteiger partial charge in [0.25, 0.3) is 0 Å². The maximum absolute atomic E-state index is 11.6. The van der Waals surface area contributed by atoms with Gasteiger partial charge in [-0.1, -0.05) is 19.1 Å². The molecule has 1 aliphatic rings. The van der Waals surface area contributed by atoms with Crippen molar-refractivity contribution in [2.45, 2.75) is 6.92 Å². The number of pyridine rings is 1. The van der Waals surface area contributed by atoms with Crippen LogP contribution in [0.5, 0.6) is 0 Å². The molecule has 1 aliphatic heterocycles. The SMILES string of the molecule is COC(=O)C1CN(c2ccc(C(N)=S)nc2)CC1C. The fourth-order valence-corrected chi connectivity index (χ4v) is 2.48. The van der Waals surface area contributed by atoms with Gasteiger partial charge < -0.3 is 15.4 Å². The minimum absolute atomic E-state index is 0.0831. The Kier molecular flexibility index (Phi) is 3.99. The largest absolute Gasteiger partial charge is 0.469 e. The van der Waals surface area contributed by atoms with E-state index in [0.29, 0.717) is 12.2 Å². The van der Waals surface area contributed by atoms with Gasteiger partial charge in [-0.2, -0.15) is 0 Å². The first-order valence-corrected chi connectivity index (χ1v) is 6.52. The number of hydrogen-bond donors (Lipinski definition) is 1. The average Bonchev–Trinajstić information content (AvgIpc) is 2.80. The smallest absolute Gasteiger partial charge is 0.310 e. The standard InChI is InChI=1S/C13H17N3O2S/c1-8-6-16(7-10(8)13(17)18-2)9-3-4-11(12(14)19)15-5-9/h3-5,8,10H,6-7H2,1-2H3,(H2,14,19). The normalized spacial score (nSPS) is 22.3. The Hall–Kier alpha value is -1.69. The molecule has 6 heteroatoms. The number of thiocarbonyl (C=S) groups is 1. The summed E-state index contributed by atoms with van der Waals surface area (Å²) in [6.07, 6.45) is 1.74. The fourth-order valence-electron chi connectivity index (χ4n) is 2.35. The van der Waals surface area contributed by atoms with Crippen molar-refractivity contribution in [2.24, 2.45) is 17.6 Å². The summed E-state index contributed by atoms with van der Waals surface area (Å²) in [5.41, 5.74) is 7.09. The van der Waals surface area contributed by atoms with Crippen molar-refractivity contribution in [3.63, 3.8) is 0 Å². The van der Waals surface area contributed by atoms with Crippen LogP contribution in [0, 0.1) is 11.8 Å². The first kappa shape index (κ1) is 13.7. The van der Waals surface area contributed by atoms with Crippen LogP contribution in [0.4, 0.5) is 5.69 Å². The number of nitrogens with two attached hydrogens (primary N) is 1. The third-order valence-electron chi connectivity index (χ3n) is 3.48. The molecule has 1 aromatic rings. The van der Waals surface area contributed by atoms with Gasteiger partial charge in [-0.05, 0) is 18.1 Å². The maximum Gasteiger partial charge on any atom is 0.310 e. The van der Waals surface area contributed by atoms with Crippen LogP contribution in [-0.2, 0) is 9.53 Å². The highest BCUT2D eigenvalue weighted by Gasteiger charge is 2.35. The van der Waals surface area contributed by atoms with E-state index in [1.54, 1.807) is 12.3 Å².